The number of nitrogens with one attached hydrogen (secondary N) is 1. The van der Waals surface area contributed by atoms with Gasteiger partial charge in [0.15, 0.2) is 0 Å². The summed E-state index contributed by atoms with van der Waals surface area (Å²) in [5.74, 6) is 0. The predicted molar refractivity (Wildman–Crippen MR) is 73.1 cm³/mol. The maximum absolute atomic E-state index is 6.04. The molecule has 0 aromatic rings. The van der Waals surface area contributed by atoms with Gasteiger partial charge in [-0.25, -0.2) is 0 Å². The van der Waals surface area contributed by atoms with Crippen LogP contribution in [-0.2, 0) is 4.74 Å². The smallest absolute Gasteiger partial charge is 0.0624 e. The van der Waals surface area contributed by atoms with E-state index in [1.54, 1.807) is 0 Å². The highest BCUT2D eigenvalue weighted by atomic mass is 16.5. The third-order valence-electron chi connectivity index (χ3n) is 3.86. The van der Waals surface area contributed by atoms with E-state index in [2.05, 4.69) is 19.2 Å². The molecule has 2 atom stereocenters. The highest BCUT2D eigenvalue weighted by Crippen LogP contribution is 2.25. The molecule has 1 fully saturated rings. The van der Waals surface area contributed by atoms with Crippen molar-refractivity contribution in [2.24, 2.45) is 11.1 Å². The van der Waals surface area contributed by atoms with Crippen molar-refractivity contribution < 1.29 is 4.74 Å². The molecule has 0 aliphatic carbocycles. The van der Waals surface area contributed by atoms with Crippen molar-refractivity contribution in [2.45, 2.75) is 58.4 Å². The van der Waals surface area contributed by atoms with E-state index in [9.17, 15) is 0 Å². The molecule has 3 nitrogen and oxygen atoms in total. The van der Waals surface area contributed by atoms with Crippen molar-refractivity contribution in [2.75, 3.05) is 26.3 Å². The Morgan fingerprint density at radius 2 is 1.94 bits per heavy atom. The third-order valence-corrected chi connectivity index (χ3v) is 3.86. The van der Waals surface area contributed by atoms with Crippen molar-refractivity contribution in [3.8, 4) is 0 Å². The van der Waals surface area contributed by atoms with Crippen LogP contribution in [0.2, 0.25) is 0 Å². The number of unbranched alkanes of at least 4 members (excludes halogenated alkanes) is 5. The van der Waals surface area contributed by atoms with Crippen LogP contribution in [0.15, 0.2) is 0 Å². The van der Waals surface area contributed by atoms with Crippen molar-refractivity contribution in [1.82, 2.24) is 5.32 Å². The zero-order chi connectivity index (χ0) is 12.6. The van der Waals surface area contributed by atoms with E-state index in [0.717, 1.165) is 26.3 Å². The van der Waals surface area contributed by atoms with Crippen LogP contribution in [0, 0.1) is 5.41 Å². The van der Waals surface area contributed by atoms with Crippen LogP contribution in [0.5, 0.6) is 0 Å². The minimum atomic E-state index is 0.141. The molecule has 1 rings (SSSR count). The average molecular weight is 242 g/mol. The van der Waals surface area contributed by atoms with Crippen molar-refractivity contribution in [3.63, 3.8) is 0 Å². The second kappa shape index (κ2) is 8.06. The molecule has 0 bridgehead atoms. The maximum atomic E-state index is 6.04. The zero-order valence-corrected chi connectivity index (χ0v) is 11.6. The van der Waals surface area contributed by atoms with Gasteiger partial charge in [0.05, 0.1) is 13.2 Å². The molecule has 0 aromatic heterocycles. The van der Waals surface area contributed by atoms with Crippen molar-refractivity contribution in [3.05, 3.63) is 0 Å². The minimum Gasteiger partial charge on any atom is -0.379 e. The molecular weight excluding hydrogens is 212 g/mol. The lowest BCUT2D eigenvalue weighted by atomic mass is 9.86. The summed E-state index contributed by atoms with van der Waals surface area (Å²) in [5, 5.41) is 3.53. The fraction of sp³-hybridized carbons (Fsp3) is 1.00. The lowest BCUT2D eigenvalue weighted by molar-refractivity contribution is 0.158. The molecular formula is C14H30N2O. The molecule has 0 spiro atoms. The summed E-state index contributed by atoms with van der Waals surface area (Å²) < 4.78 is 5.43. The molecule has 2 unspecified atom stereocenters. The summed E-state index contributed by atoms with van der Waals surface area (Å²) in [6.45, 7) is 8.11. The van der Waals surface area contributed by atoms with Crippen molar-refractivity contribution >= 4 is 0 Å². The van der Waals surface area contributed by atoms with Gasteiger partial charge >= 0.3 is 0 Å². The highest BCUT2D eigenvalue weighted by molar-refractivity contribution is 4.91. The lowest BCUT2D eigenvalue weighted by Crippen LogP contribution is -2.45. The molecule has 0 amide bonds. The predicted octanol–water partition coefficient (Wildman–Crippen LogP) is 2.30. The second-order valence-electron chi connectivity index (χ2n) is 5.72. The van der Waals surface area contributed by atoms with E-state index in [1.165, 1.54) is 38.5 Å². The molecule has 3 N–H and O–H groups in total. The van der Waals surface area contributed by atoms with Gasteiger partial charge in [0.2, 0.25) is 0 Å². The Balaban J connectivity index is 1.93. The summed E-state index contributed by atoms with van der Waals surface area (Å²) in [4.78, 5) is 0. The van der Waals surface area contributed by atoms with Crippen LogP contribution < -0.4 is 11.1 Å². The molecule has 1 aliphatic rings. The second-order valence-corrected chi connectivity index (χ2v) is 5.72. The molecule has 1 aliphatic heterocycles. The topological polar surface area (TPSA) is 47.3 Å². The van der Waals surface area contributed by atoms with Gasteiger partial charge in [-0.15, -0.1) is 0 Å². The van der Waals surface area contributed by atoms with Crippen LogP contribution in [-0.4, -0.2) is 32.3 Å². The number of hydrogen-bond donors (Lipinski definition) is 2. The molecule has 102 valence electrons. The highest BCUT2D eigenvalue weighted by Gasteiger charge is 2.36. The van der Waals surface area contributed by atoms with Gasteiger partial charge in [0.1, 0.15) is 0 Å². The Bertz CT molecular complexity index is 199. The first-order chi connectivity index (χ1) is 8.19. The molecule has 0 radical (unpaired) electrons. The van der Waals surface area contributed by atoms with E-state index in [-0.39, 0.29) is 11.5 Å². The van der Waals surface area contributed by atoms with Crippen LogP contribution in [0.4, 0.5) is 0 Å². The van der Waals surface area contributed by atoms with Gasteiger partial charge in [-0.3, -0.25) is 0 Å². The molecule has 0 saturated carbocycles. The Morgan fingerprint density at radius 3 is 2.59 bits per heavy atom. The molecule has 3 heteroatoms. The first-order valence-electron chi connectivity index (χ1n) is 7.23. The number of hydrogen-bond acceptors (Lipinski definition) is 3. The van der Waals surface area contributed by atoms with Crippen molar-refractivity contribution in [1.29, 1.82) is 0 Å². The zero-order valence-electron chi connectivity index (χ0n) is 11.6. The van der Waals surface area contributed by atoms with E-state index < -0.39 is 0 Å². The molecule has 0 aromatic carbocycles. The first-order valence-corrected chi connectivity index (χ1v) is 7.23. The summed E-state index contributed by atoms with van der Waals surface area (Å²) >= 11 is 0. The monoisotopic (exact) mass is 242 g/mol. The molecule has 17 heavy (non-hydrogen) atoms. The van der Waals surface area contributed by atoms with E-state index in [4.69, 9.17) is 10.5 Å². The first kappa shape index (κ1) is 14.9. The fourth-order valence-corrected chi connectivity index (χ4v) is 2.31. The van der Waals surface area contributed by atoms with Gasteiger partial charge in [0.25, 0.3) is 0 Å². The summed E-state index contributed by atoms with van der Waals surface area (Å²) in [6, 6.07) is 0.194. The van der Waals surface area contributed by atoms with Gasteiger partial charge in [0, 0.05) is 18.0 Å². The van der Waals surface area contributed by atoms with Gasteiger partial charge in [-0.05, 0) is 13.0 Å². The summed E-state index contributed by atoms with van der Waals surface area (Å²) in [7, 11) is 0. The van der Waals surface area contributed by atoms with Crippen LogP contribution in [0.1, 0.15) is 52.4 Å². The molecule has 1 saturated heterocycles. The maximum Gasteiger partial charge on any atom is 0.0624 e. The number of rotatable bonds is 9. The Kier molecular flexibility index (Phi) is 7.09. The average Bonchev–Trinajstić information content (AvgIpc) is 2.63. The standard InChI is InChI=1S/C14H30N2O/c1-3-4-5-6-7-8-9-16-11-14(2)12-17-10-13(14)15/h13,16H,3-12,15H2,1-2H3. The van der Waals surface area contributed by atoms with Crippen LogP contribution in [0.3, 0.4) is 0 Å². The summed E-state index contributed by atoms with van der Waals surface area (Å²) in [5.41, 5.74) is 6.19. The largest absolute Gasteiger partial charge is 0.379 e. The van der Waals surface area contributed by atoms with E-state index in [0.29, 0.717) is 0 Å². The molecule has 1 heterocycles. The Hall–Kier alpha value is -0.120. The Labute approximate surface area is 106 Å². The lowest BCUT2D eigenvalue weighted by Gasteiger charge is -2.27. The summed E-state index contributed by atoms with van der Waals surface area (Å²) in [6.07, 6.45) is 8.14. The third kappa shape index (κ3) is 5.36. The van der Waals surface area contributed by atoms with Gasteiger partial charge < -0.3 is 15.8 Å². The SMILES string of the molecule is CCCCCCCCNCC1(C)COCC1N. The minimum absolute atomic E-state index is 0.141. The normalized spacial score (nSPS) is 28.8. The van der Waals surface area contributed by atoms with E-state index >= 15 is 0 Å². The van der Waals surface area contributed by atoms with E-state index in [1.807, 2.05) is 0 Å². The van der Waals surface area contributed by atoms with Crippen LogP contribution >= 0.6 is 0 Å². The number of ether oxygens (including phenoxy) is 1. The van der Waals surface area contributed by atoms with Crippen LogP contribution in [0.25, 0.3) is 0 Å². The van der Waals surface area contributed by atoms with Gasteiger partial charge in [-0.1, -0.05) is 46.0 Å². The van der Waals surface area contributed by atoms with Gasteiger partial charge in [-0.2, -0.15) is 0 Å². The number of nitrogens with two attached hydrogens (primary N) is 1. The Morgan fingerprint density at radius 1 is 1.24 bits per heavy atom. The quantitative estimate of drug-likeness (QED) is 0.610. The fourth-order valence-electron chi connectivity index (χ4n) is 2.31.